The van der Waals surface area contributed by atoms with Crippen LogP contribution >= 0.6 is 15.9 Å². The largest absolute Gasteiger partial charge is 0.481 e. The van der Waals surface area contributed by atoms with Gasteiger partial charge in [-0.05, 0) is 60.8 Å². The van der Waals surface area contributed by atoms with Gasteiger partial charge in [0.05, 0.1) is 17.9 Å². The Kier molecular flexibility index (Phi) is 9.01. The third-order valence-corrected chi connectivity index (χ3v) is 10.9. The number of hydrogen-bond donors (Lipinski definition) is 4. The number of carbonyl (C=O) groups is 4. The van der Waals surface area contributed by atoms with Crippen LogP contribution in [0.25, 0.3) is 10.9 Å². The van der Waals surface area contributed by atoms with E-state index in [9.17, 15) is 29.4 Å². The van der Waals surface area contributed by atoms with E-state index in [0.29, 0.717) is 6.54 Å². The number of benzene rings is 2. The Bertz CT molecular complexity index is 1600. The third kappa shape index (κ3) is 6.24. The summed E-state index contributed by atoms with van der Waals surface area (Å²) in [4.78, 5) is 60.5. The number of para-hydroxylation sites is 1. The zero-order valence-corrected chi connectivity index (χ0v) is 26.8. The zero-order chi connectivity index (χ0) is 31.8. The number of hydrogen-bond acceptors (Lipinski definition) is 5. The van der Waals surface area contributed by atoms with Gasteiger partial charge in [0.2, 0.25) is 17.7 Å². The van der Waals surface area contributed by atoms with E-state index in [1.165, 1.54) is 4.90 Å². The molecular weight excluding hydrogens is 640 g/mol. The maximum absolute atomic E-state index is 14.0. The number of carboxylic acids is 1. The highest BCUT2D eigenvalue weighted by atomic mass is 79.9. The van der Waals surface area contributed by atoms with Crippen LogP contribution < -0.4 is 5.32 Å². The maximum atomic E-state index is 14.0. The van der Waals surface area contributed by atoms with Gasteiger partial charge in [0, 0.05) is 54.6 Å². The Balaban J connectivity index is 1.25. The number of aliphatic hydroxyl groups is 1. The molecule has 1 aliphatic heterocycles. The fourth-order valence-electron chi connectivity index (χ4n) is 7.87. The van der Waals surface area contributed by atoms with Crippen molar-refractivity contribution in [1.82, 2.24) is 20.1 Å². The molecule has 5 atom stereocenters. The van der Waals surface area contributed by atoms with E-state index in [4.69, 9.17) is 0 Å². The predicted octanol–water partition coefficient (Wildman–Crippen LogP) is 3.72. The highest BCUT2D eigenvalue weighted by molar-refractivity contribution is 9.10. The van der Waals surface area contributed by atoms with E-state index in [1.54, 1.807) is 11.9 Å². The number of nitrogens with one attached hydrogen (secondary N) is 2. The van der Waals surface area contributed by atoms with Gasteiger partial charge in [0.1, 0.15) is 12.1 Å². The third-order valence-electron chi connectivity index (χ3n) is 10.1. The Morgan fingerprint density at radius 3 is 2.38 bits per heavy atom. The van der Waals surface area contributed by atoms with E-state index >= 15 is 0 Å². The van der Waals surface area contributed by atoms with Crippen LogP contribution in [0, 0.1) is 23.7 Å². The number of aliphatic carboxylic acids is 1. The summed E-state index contributed by atoms with van der Waals surface area (Å²) < 4.78 is 0.868. The van der Waals surface area contributed by atoms with E-state index in [-0.39, 0.29) is 43.0 Å². The summed E-state index contributed by atoms with van der Waals surface area (Å²) in [6, 6.07) is 13.4. The minimum Gasteiger partial charge on any atom is -0.481 e. The van der Waals surface area contributed by atoms with Crippen LogP contribution in [0.3, 0.4) is 0 Å². The molecule has 0 radical (unpaired) electrons. The molecule has 3 saturated carbocycles. The molecule has 2 heterocycles. The van der Waals surface area contributed by atoms with Gasteiger partial charge < -0.3 is 30.3 Å². The molecule has 238 valence electrons. The molecule has 3 aliphatic carbocycles. The molecule has 4 aliphatic rings. The number of fused-ring (bicyclic) bond motifs is 4. The number of aromatic nitrogens is 1. The summed E-state index contributed by atoms with van der Waals surface area (Å²) in [6.45, 7) is 0.272. The van der Waals surface area contributed by atoms with Crippen molar-refractivity contribution in [2.45, 2.75) is 63.3 Å². The first-order chi connectivity index (χ1) is 21.6. The normalized spacial score (nSPS) is 26.5. The molecule has 2 bridgehead atoms. The second-order valence-corrected chi connectivity index (χ2v) is 13.7. The average Bonchev–Trinajstić information content (AvgIpc) is 3.64. The quantitative estimate of drug-likeness (QED) is 0.272. The number of nitrogens with zero attached hydrogens (tertiary/aromatic N) is 2. The van der Waals surface area contributed by atoms with Gasteiger partial charge in [0.25, 0.3) is 0 Å². The van der Waals surface area contributed by atoms with Crippen molar-refractivity contribution in [3.05, 3.63) is 70.3 Å². The number of carboxylic acid groups (broad SMARTS) is 1. The highest BCUT2D eigenvalue weighted by Crippen LogP contribution is 2.50. The molecule has 11 heteroatoms. The van der Waals surface area contributed by atoms with Crippen molar-refractivity contribution in [1.29, 1.82) is 0 Å². The lowest BCUT2D eigenvalue weighted by Crippen LogP contribution is -2.57. The summed E-state index contributed by atoms with van der Waals surface area (Å²) in [6.07, 6.45) is 4.33. The summed E-state index contributed by atoms with van der Waals surface area (Å²) in [5.74, 6) is -3.77. The Morgan fingerprint density at radius 2 is 1.67 bits per heavy atom. The van der Waals surface area contributed by atoms with Crippen LogP contribution in [0.2, 0.25) is 0 Å². The topological polar surface area (TPSA) is 143 Å². The second-order valence-electron chi connectivity index (χ2n) is 12.9. The summed E-state index contributed by atoms with van der Waals surface area (Å²) in [7, 11) is 1.69. The van der Waals surface area contributed by atoms with E-state index < -0.39 is 41.9 Å². The zero-order valence-electron chi connectivity index (χ0n) is 25.2. The molecule has 2 unspecified atom stereocenters. The fraction of sp³-hybridized carbons (Fsp3) is 0.471. The van der Waals surface area contributed by atoms with Crippen LogP contribution in [0.1, 0.15) is 43.2 Å². The van der Waals surface area contributed by atoms with Gasteiger partial charge in [-0.2, -0.15) is 0 Å². The second kappa shape index (κ2) is 13.0. The number of halogens is 1. The van der Waals surface area contributed by atoms with Gasteiger partial charge in [-0.25, -0.2) is 0 Å². The molecule has 4 N–H and O–H groups in total. The minimum atomic E-state index is -1.01. The number of aliphatic hydroxyl groups excluding tert-OH is 1. The molecule has 0 spiro atoms. The number of rotatable bonds is 9. The molecule has 10 nitrogen and oxygen atoms in total. The van der Waals surface area contributed by atoms with Crippen LogP contribution in [0.15, 0.2) is 59.2 Å². The van der Waals surface area contributed by atoms with Crippen LogP contribution in [0.5, 0.6) is 0 Å². The minimum absolute atomic E-state index is 0.0247. The SMILES string of the molecule is CN(Cc1ccccc1Br)C(=O)C(Cc1c[nH]c2ccccc12)NC(=O)C1C[C@@H](O)CN1C(=O)[C@@H]1C2CCC(CC2)[C@@H]1C(=O)O. The van der Waals surface area contributed by atoms with E-state index in [0.717, 1.165) is 52.2 Å². The number of β-amino-alcohol motifs (C(OH)–C–C–N with tert-alkyl or cyclic N) is 1. The molecule has 2 aromatic carbocycles. The number of likely N-dealkylation sites (tertiary alicyclic amines) is 1. The van der Waals surface area contributed by atoms with Crippen molar-refractivity contribution in [3.8, 4) is 0 Å². The van der Waals surface area contributed by atoms with Gasteiger partial charge >= 0.3 is 5.97 Å². The molecule has 1 aromatic heterocycles. The first-order valence-corrected chi connectivity index (χ1v) is 16.5. The maximum Gasteiger partial charge on any atom is 0.307 e. The molecule has 1 saturated heterocycles. The standard InChI is InChI=1S/C34H39BrN4O6/c1-38(17-21-6-2-4-8-25(21)35)32(42)27(14-22-16-36-26-9-5-3-7-24(22)26)37-31(41)28-15-23(40)18-39(28)33(43)29-19-10-12-20(13-11-19)30(29)34(44)45/h2-9,16,19-20,23,27-30,36,40H,10-15,17-18H2,1H3,(H,37,41)(H,44,45)/t19?,20?,23-,27?,28?,29-,30+/m1/s1. The summed E-state index contributed by atoms with van der Waals surface area (Å²) in [5, 5.41) is 24.6. The lowest BCUT2D eigenvalue weighted by Gasteiger charge is -2.47. The van der Waals surface area contributed by atoms with Crippen LogP contribution in [0.4, 0.5) is 0 Å². The van der Waals surface area contributed by atoms with Crippen molar-refractivity contribution >= 4 is 50.5 Å². The van der Waals surface area contributed by atoms with Gasteiger partial charge in [-0.15, -0.1) is 0 Å². The molecular formula is C34H39BrN4O6. The monoisotopic (exact) mass is 678 g/mol. The Hall–Kier alpha value is -3.70. The van der Waals surface area contributed by atoms with Crippen molar-refractivity contribution in [2.75, 3.05) is 13.6 Å². The summed E-state index contributed by atoms with van der Waals surface area (Å²) in [5.41, 5.74) is 2.69. The fourth-order valence-corrected chi connectivity index (χ4v) is 8.28. The number of likely N-dealkylation sites (N-methyl/N-ethyl adjacent to an activating group) is 1. The van der Waals surface area contributed by atoms with Crippen molar-refractivity contribution < 1.29 is 29.4 Å². The van der Waals surface area contributed by atoms with Crippen molar-refractivity contribution in [2.24, 2.45) is 23.7 Å². The van der Waals surface area contributed by atoms with Gasteiger partial charge in [-0.3, -0.25) is 19.2 Å². The first kappa shape index (κ1) is 31.3. The van der Waals surface area contributed by atoms with E-state index in [2.05, 4.69) is 26.2 Å². The number of carbonyl (C=O) groups excluding carboxylic acids is 3. The first-order valence-electron chi connectivity index (χ1n) is 15.7. The van der Waals surface area contributed by atoms with Crippen LogP contribution in [-0.4, -0.2) is 80.5 Å². The lowest BCUT2D eigenvalue weighted by molar-refractivity contribution is -0.163. The number of amides is 3. The predicted molar refractivity (Wildman–Crippen MR) is 171 cm³/mol. The highest BCUT2D eigenvalue weighted by Gasteiger charge is 2.53. The molecule has 4 fully saturated rings. The van der Waals surface area contributed by atoms with Gasteiger partial charge in [-0.1, -0.05) is 52.3 Å². The van der Waals surface area contributed by atoms with Crippen molar-refractivity contribution in [3.63, 3.8) is 0 Å². The van der Waals surface area contributed by atoms with Gasteiger partial charge in [0.15, 0.2) is 0 Å². The van der Waals surface area contributed by atoms with E-state index in [1.807, 2.05) is 54.7 Å². The smallest absolute Gasteiger partial charge is 0.307 e. The summed E-state index contributed by atoms with van der Waals surface area (Å²) >= 11 is 3.55. The molecule has 3 amide bonds. The molecule has 7 rings (SSSR count). The number of aromatic amines is 1. The average molecular weight is 680 g/mol. The Labute approximate surface area is 270 Å². The molecule has 45 heavy (non-hydrogen) atoms. The lowest BCUT2D eigenvalue weighted by atomic mass is 9.58. The molecule has 3 aromatic rings. The number of H-pyrrole nitrogens is 1. The Morgan fingerprint density at radius 1 is 1.00 bits per heavy atom. The van der Waals surface area contributed by atoms with Crippen LogP contribution in [-0.2, 0) is 32.1 Å².